The molecular weight excluding hydrogens is 124 g/mol. The third-order valence-corrected chi connectivity index (χ3v) is 1.70. The molecule has 0 saturated heterocycles. The third-order valence-electron chi connectivity index (χ3n) is 0.840. The van der Waals surface area contributed by atoms with Crippen molar-refractivity contribution >= 4 is 10.8 Å². The van der Waals surface area contributed by atoms with Gasteiger partial charge >= 0.3 is 0 Å². The van der Waals surface area contributed by atoms with Crippen LogP contribution in [0.15, 0.2) is 0 Å². The van der Waals surface area contributed by atoms with E-state index in [2.05, 4.69) is 0 Å². The Labute approximate surface area is 52.4 Å². The normalized spacial score (nSPS) is 13.8. The molecule has 1 atom stereocenters. The Hall–Kier alpha value is 0.110. The molecule has 50 valence electrons. The highest BCUT2D eigenvalue weighted by atomic mass is 32.2. The van der Waals surface area contributed by atoms with E-state index < -0.39 is 10.8 Å². The van der Waals surface area contributed by atoms with Gasteiger partial charge in [-0.1, -0.05) is 0 Å². The smallest absolute Gasteiger partial charge is 0.0431 e. The van der Waals surface area contributed by atoms with Crippen LogP contribution in [-0.2, 0) is 10.8 Å². The first-order valence-corrected chi connectivity index (χ1v) is 4.41. The van der Waals surface area contributed by atoms with Gasteiger partial charge in [0.2, 0.25) is 0 Å². The minimum absolute atomic E-state index is 0.219. The highest BCUT2D eigenvalue weighted by molar-refractivity contribution is 7.84. The van der Waals surface area contributed by atoms with Gasteiger partial charge in [0.1, 0.15) is 0 Å². The summed E-state index contributed by atoms with van der Waals surface area (Å²) in [7, 11) is -0.678. The highest BCUT2D eigenvalue weighted by Crippen LogP contribution is 1.87. The van der Waals surface area contributed by atoms with E-state index in [1.165, 1.54) is 0 Å². The second-order valence-corrected chi connectivity index (χ2v) is 3.26. The highest BCUT2D eigenvalue weighted by Gasteiger charge is 1.88. The Morgan fingerprint density at radius 2 is 2.12 bits per heavy atom. The summed E-state index contributed by atoms with van der Waals surface area (Å²) in [5.74, 6) is 0.723. The van der Waals surface area contributed by atoms with E-state index in [0.717, 1.165) is 18.6 Å². The Morgan fingerprint density at radius 1 is 1.50 bits per heavy atom. The molecule has 2 nitrogen and oxygen atoms in total. The predicted octanol–water partition coefficient (Wildman–Crippen LogP) is 0.137. The van der Waals surface area contributed by atoms with Crippen LogP contribution in [0.5, 0.6) is 0 Å². The molecule has 0 amide bonds. The van der Waals surface area contributed by atoms with Gasteiger partial charge in [-0.25, -0.2) is 0 Å². The molecular formula is C5H12O2S. The van der Waals surface area contributed by atoms with E-state index in [0.29, 0.717) is 0 Å². The number of aliphatic hydroxyl groups excluding tert-OH is 1. The average Bonchev–Trinajstić information content (AvgIpc) is 1.66. The topological polar surface area (TPSA) is 37.3 Å². The molecule has 0 aliphatic heterocycles. The van der Waals surface area contributed by atoms with Crippen molar-refractivity contribution in [2.75, 3.05) is 18.6 Å². The summed E-state index contributed by atoms with van der Waals surface area (Å²) in [6.45, 7) is 0.219. The van der Waals surface area contributed by atoms with Crippen LogP contribution in [0.2, 0.25) is 0 Å². The van der Waals surface area contributed by atoms with E-state index in [4.69, 9.17) is 5.11 Å². The molecule has 0 radical (unpaired) electrons. The van der Waals surface area contributed by atoms with E-state index in [1.807, 2.05) is 0 Å². The van der Waals surface area contributed by atoms with Crippen molar-refractivity contribution in [1.82, 2.24) is 0 Å². The molecule has 3 heteroatoms. The summed E-state index contributed by atoms with van der Waals surface area (Å²) in [5.41, 5.74) is 0. The minimum atomic E-state index is -0.678. The second-order valence-electron chi connectivity index (χ2n) is 1.71. The third kappa shape index (κ3) is 6.11. The summed E-state index contributed by atoms with van der Waals surface area (Å²) >= 11 is 0. The fraction of sp³-hybridized carbons (Fsp3) is 1.00. The first kappa shape index (κ1) is 8.11. The van der Waals surface area contributed by atoms with Crippen LogP contribution in [0, 0.1) is 0 Å². The predicted molar refractivity (Wildman–Crippen MR) is 35.3 cm³/mol. The lowest BCUT2D eigenvalue weighted by Crippen LogP contribution is -1.94. The second kappa shape index (κ2) is 5.25. The molecule has 1 N–H and O–H groups in total. The Balaban J connectivity index is 2.82. The lowest BCUT2D eigenvalue weighted by Gasteiger charge is -1.91. The molecule has 8 heavy (non-hydrogen) atoms. The van der Waals surface area contributed by atoms with Gasteiger partial charge in [-0.15, -0.1) is 0 Å². The van der Waals surface area contributed by atoms with Crippen LogP contribution in [0.3, 0.4) is 0 Å². The van der Waals surface area contributed by atoms with Crippen molar-refractivity contribution in [2.24, 2.45) is 0 Å². The largest absolute Gasteiger partial charge is 0.396 e. The molecule has 0 unspecified atom stereocenters. The molecule has 0 aliphatic carbocycles. The van der Waals surface area contributed by atoms with Crippen LogP contribution < -0.4 is 0 Å². The van der Waals surface area contributed by atoms with Crippen LogP contribution in [-0.4, -0.2) is 27.9 Å². The van der Waals surface area contributed by atoms with Crippen LogP contribution in [0.25, 0.3) is 0 Å². The average molecular weight is 136 g/mol. The van der Waals surface area contributed by atoms with Crippen molar-refractivity contribution in [3.63, 3.8) is 0 Å². The summed E-state index contributed by atoms with van der Waals surface area (Å²) < 4.78 is 10.3. The number of unbranched alkanes of at least 4 members (excludes halogenated alkanes) is 1. The van der Waals surface area contributed by atoms with Crippen molar-refractivity contribution in [3.8, 4) is 0 Å². The van der Waals surface area contributed by atoms with Crippen molar-refractivity contribution < 1.29 is 9.32 Å². The molecule has 0 fully saturated rings. The minimum Gasteiger partial charge on any atom is -0.396 e. The van der Waals surface area contributed by atoms with E-state index in [1.54, 1.807) is 6.26 Å². The van der Waals surface area contributed by atoms with Gasteiger partial charge in [0, 0.05) is 29.4 Å². The Bertz CT molecular complexity index is 72.8. The van der Waals surface area contributed by atoms with Crippen molar-refractivity contribution in [2.45, 2.75) is 12.8 Å². The fourth-order valence-electron chi connectivity index (χ4n) is 0.417. The standard InChI is InChI=1S/C5H12O2S/c1-8(7)5-3-2-4-6/h6H,2-5H2,1H3/t8-/m0/s1. The zero-order valence-electron chi connectivity index (χ0n) is 5.09. The molecule has 0 heterocycles. The first-order valence-electron chi connectivity index (χ1n) is 2.68. The fourth-order valence-corrected chi connectivity index (χ4v) is 1.03. The number of rotatable bonds is 4. The van der Waals surface area contributed by atoms with E-state index >= 15 is 0 Å². The summed E-state index contributed by atoms with van der Waals surface area (Å²) in [5, 5.41) is 8.28. The molecule has 0 spiro atoms. The maximum atomic E-state index is 10.3. The molecule has 0 aromatic carbocycles. The molecule has 0 aromatic heterocycles. The van der Waals surface area contributed by atoms with Crippen LogP contribution in [0.1, 0.15) is 12.8 Å². The Morgan fingerprint density at radius 3 is 2.50 bits per heavy atom. The molecule has 0 rings (SSSR count). The monoisotopic (exact) mass is 136 g/mol. The summed E-state index contributed by atoms with van der Waals surface area (Å²) in [4.78, 5) is 0. The van der Waals surface area contributed by atoms with Crippen molar-refractivity contribution in [1.29, 1.82) is 0 Å². The molecule has 0 aliphatic rings. The van der Waals surface area contributed by atoms with Gasteiger partial charge in [0.25, 0.3) is 0 Å². The van der Waals surface area contributed by atoms with Crippen LogP contribution >= 0.6 is 0 Å². The maximum Gasteiger partial charge on any atom is 0.0431 e. The number of hydrogen-bond acceptors (Lipinski definition) is 2. The van der Waals surface area contributed by atoms with Crippen LogP contribution in [0.4, 0.5) is 0 Å². The van der Waals surface area contributed by atoms with Gasteiger partial charge in [0.15, 0.2) is 0 Å². The molecule has 0 aromatic rings. The van der Waals surface area contributed by atoms with E-state index in [-0.39, 0.29) is 6.61 Å². The van der Waals surface area contributed by atoms with Gasteiger partial charge < -0.3 is 5.11 Å². The number of aliphatic hydroxyl groups is 1. The molecule has 0 saturated carbocycles. The Kier molecular flexibility index (Phi) is 5.32. The van der Waals surface area contributed by atoms with Gasteiger partial charge in [-0.3, -0.25) is 4.21 Å². The lowest BCUT2D eigenvalue weighted by atomic mass is 10.4. The zero-order chi connectivity index (χ0) is 6.41. The van der Waals surface area contributed by atoms with Gasteiger partial charge in [-0.05, 0) is 12.8 Å². The molecule has 0 bridgehead atoms. The lowest BCUT2D eigenvalue weighted by molar-refractivity contribution is 0.287. The van der Waals surface area contributed by atoms with Crippen molar-refractivity contribution in [3.05, 3.63) is 0 Å². The zero-order valence-corrected chi connectivity index (χ0v) is 5.91. The quantitative estimate of drug-likeness (QED) is 0.558. The SMILES string of the molecule is C[S@](=O)CCCCO. The summed E-state index contributed by atoms with van der Waals surface area (Å²) in [6, 6.07) is 0. The van der Waals surface area contributed by atoms with Gasteiger partial charge in [-0.2, -0.15) is 0 Å². The van der Waals surface area contributed by atoms with E-state index in [9.17, 15) is 4.21 Å². The maximum absolute atomic E-state index is 10.3. The number of hydrogen-bond donors (Lipinski definition) is 1. The van der Waals surface area contributed by atoms with Gasteiger partial charge in [0.05, 0.1) is 0 Å². The first-order chi connectivity index (χ1) is 3.77. The summed E-state index contributed by atoms with van der Waals surface area (Å²) in [6.07, 6.45) is 3.33.